The first-order valence-electron chi connectivity index (χ1n) is 9.11. The number of para-hydroxylation sites is 2. The summed E-state index contributed by atoms with van der Waals surface area (Å²) in [6, 6.07) is 17.3. The van der Waals surface area contributed by atoms with E-state index in [-0.39, 0.29) is 17.1 Å². The molecule has 4 rings (SSSR count). The Morgan fingerprint density at radius 3 is 2.23 bits per heavy atom. The van der Waals surface area contributed by atoms with Crippen molar-refractivity contribution in [3.63, 3.8) is 0 Å². The van der Waals surface area contributed by atoms with Gasteiger partial charge in [0, 0.05) is 17.0 Å². The molecule has 0 fully saturated rings. The number of carbonyl (C=O) groups is 2. The number of hydrogen-bond donors (Lipinski definition) is 1. The number of benzene rings is 2. The van der Waals surface area contributed by atoms with Crippen molar-refractivity contribution in [2.24, 2.45) is 0 Å². The number of aromatic nitrogens is 2. The SMILES string of the molecule is O=C(COC(=O)Cn1c2ccccc2c(=O)c2ccccc21)Nc1cccnc1Cl. The van der Waals surface area contributed by atoms with Crippen LogP contribution in [0.3, 0.4) is 0 Å². The number of pyridine rings is 2. The number of esters is 1. The number of halogens is 1. The predicted molar refractivity (Wildman–Crippen MR) is 115 cm³/mol. The molecular formula is C22H16ClN3O4. The number of anilines is 1. The van der Waals surface area contributed by atoms with Gasteiger partial charge in [0.25, 0.3) is 5.91 Å². The standard InChI is InChI=1S/C22H16ClN3O4/c23-22-16(8-5-11-24-22)25-19(27)13-30-20(28)12-26-17-9-3-1-6-14(17)21(29)15-7-2-4-10-18(15)26/h1-11H,12-13H2,(H,25,27). The van der Waals surface area contributed by atoms with E-state index in [4.69, 9.17) is 16.3 Å². The second-order valence-corrected chi connectivity index (χ2v) is 6.86. The van der Waals surface area contributed by atoms with Crippen molar-refractivity contribution in [3.8, 4) is 0 Å². The van der Waals surface area contributed by atoms with Gasteiger partial charge in [-0.1, -0.05) is 35.9 Å². The molecule has 8 heteroatoms. The van der Waals surface area contributed by atoms with Gasteiger partial charge in [0.2, 0.25) is 0 Å². The highest BCUT2D eigenvalue weighted by atomic mass is 35.5. The Hall–Kier alpha value is -3.71. The fourth-order valence-corrected chi connectivity index (χ4v) is 3.40. The van der Waals surface area contributed by atoms with Gasteiger partial charge in [-0.3, -0.25) is 14.4 Å². The molecule has 1 amide bonds. The van der Waals surface area contributed by atoms with E-state index < -0.39 is 18.5 Å². The molecule has 0 atom stereocenters. The second kappa shape index (κ2) is 8.34. The molecule has 0 saturated heterocycles. The van der Waals surface area contributed by atoms with Crippen LogP contribution in [0, 0.1) is 0 Å². The van der Waals surface area contributed by atoms with Gasteiger partial charge in [0.05, 0.1) is 16.7 Å². The maximum Gasteiger partial charge on any atom is 0.326 e. The largest absolute Gasteiger partial charge is 0.454 e. The summed E-state index contributed by atoms with van der Waals surface area (Å²) in [5.74, 6) is -1.14. The fourth-order valence-electron chi connectivity index (χ4n) is 3.23. The van der Waals surface area contributed by atoms with E-state index in [1.54, 1.807) is 65.2 Å². The molecule has 0 saturated carbocycles. The molecule has 0 bridgehead atoms. The molecule has 7 nitrogen and oxygen atoms in total. The average molecular weight is 422 g/mol. The summed E-state index contributed by atoms with van der Waals surface area (Å²) in [6.45, 7) is -0.623. The molecule has 1 N–H and O–H groups in total. The lowest BCUT2D eigenvalue weighted by Gasteiger charge is -2.14. The van der Waals surface area contributed by atoms with Crippen LogP contribution in [0.4, 0.5) is 5.69 Å². The van der Waals surface area contributed by atoms with Gasteiger partial charge in [-0.15, -0.1) is 0 Å². The molecule has 0 spiro atoms. The van der Waals surface area contributed by atoms with Crippen LogP contribution in [0.25, 0.3) is 21.8 Å². The highest BCUT2D eigenvalue weighted by Crippen LogP contribution is 2.19. The van der Waals surface area contributed by atoms with Crippen molar-refractivity contribution in [1.82, 2.24) is 9.55 Å². The number of fused-ring (bicyclic) bond motifs is 2. The van der Waals surface area contributed by atoms with Gasteiger partial charge in [0.15, 0.2) is 17.2 Å². The van der Waals surface area contributed by atoms with Crippen LogP contribution in [0.15, 0.2) is 71.7 Å². The zero-order valence-electron chi connectivity index (χ0n) is 15.7. The molecule has 4 aromatic rings. The van der Waals surface area contributed by atoms with Gasteiger partial charge >= 0.3 is 5.97 Å². The van der Waals surface area contributed by atoms with Gasteiger partial charge in [-0.25, -0.2) is 4.98 Å². The smallest absolute Gasteiger partial charge is 0.326 e. The third-order valence-corrected chi connectivity index (χ3v) is 4.86. The molecule has 0 aliphatic heterocycles. The van der Waals surface area contributed by atoms with Crippen LogP contribution < -0.4 is 10.7 Å². The number of hydrogen-bond acceptors (Lipinski definition) is 5. The van der Waals surface area contributed by atoms with Crippen LogP contribution in [0.2, 0.25) is 5.15 Å². The van der Waals surface area contributed by atoms with E-state index in [9.17, 15) is 14.4 Å². The van der Waals surface area contributed by atoms with Crippen molar-refractivity contribution in [1.29, 1.82) is 0 Å². The van der Waals surface area contributed by atoms with E-state index >= 15 is 0 Å². The Morgan fingerprint density at radius 1 is 0.967 bits per heavy atom. The molecule has 0 unspecified atom stereocenters. The van der Waals surface area contributed by atoms with Gasteiger partial charge < -0.3 is 14.6 Å². The number of rotatable bonds is 5. The summed E-state index contributed by atoms with van der Waals surface area (Å²) in [4.78, 5) is 41.1. The summed E-state index contributed by atoms with van der Waals surface area (Å²) in [7, 11) is 0. The minimum absolute atomic E-state index is 0.0986. The Kier molecular flexibility index (Phi) is 5.45. The lowest BCUT2D eigenvalue weighted by molar-refractivity contribution is -0.147. The van der Waals surface area contributed by atoms with Crippen LogP contribution in [0.1, 0.15) is 0 Å². The van der Waals surface area contributed by atoms with E-state index in [0.717, 1.165) is 0 Å². The Bertz CT molecular complexity index is 1270. The van der Waals surface area contributed by atoms with Crippen molar-refractivity contribution in [2.45, 2.75) is 6.54 Å². The van der Waals surface area contributed by atoms with Crippen LogP contribution >= 0.6 is 11.6 Å². The monoisotopic (exact) mass is 421 g/mol. The molecule has 0 aliphatic carbocycles. The molecule has 0 radical (unpaired) electrons. The normalized spacial score (nSPS) is 10.8. The molecular weight excluding hydrogens is 406 g/mol. The van der Waals surface area contributed by atoms with Crippen LogP contribution in [-0.2, 0) is 20.9 Å². The highest BCUT2D eigenvalue weighted by molar-refractivity contribution is 6.32. The summed E-state index contributed by atoms with van der Waals surface area (Å²) in [5, 5.41) is 3.69. The summed E-state index contributed by atoms with van der Waals surface area (Å²) in [5.41, 5.74) is 1.46. The topological polar surface area (TPSA) is 90.3 Å². The fraction of sp³-hybridized carbons (Fsp3) is 0.0909. The predicted octanol–water partition coefficient (Wildman–Crippen LogP) is 3.39. The number of nitrogens with one attached hydrogen (secondary N) is 1. The Labute approximate surface area is 175 Å². The van der Waals surface area contributed by atoms with Crippen molar-refractivity contribution in [3.05, 3.63) is 82.2 Å². The first kappa shape index (κ1) is 19.6. The molecule has 2 aromatic heterocycles. The average Bonchev–Trinajstić information content (AvgIpc) is 2.77. The summed E-state index contributed by atoms with van der Waals surface area (Å²) < 4.78 is 6.85. The summed E-state index contributed by atoms with van der Waals surface area (Å²) in [6.07, 6.45) is 1.50. The number of nitrogens with zero attached hydrogens (tertiary/aromatic N) is 2. The quantitative estimate of drug-likeness (QED) is 0.303. The van der Waals surface area contributed by atoms with Gasteiger partial charge in [-0.2, -0.15) is 0 Å². The first-order valence-corrected chi connectivity index (χ1v) is 9.48. The van der Waals surface area contributed by atoms with E-state index in [1.807, 2.05) is 0 Å². The molecule has 150 valence electrons. The minimum atomic E-state index is -0.610. The second-order valence-electron chi connectivity index (χ2n) is 6.50. The molecule has 30 heavy (non-hydrogen) atoms. The maximum absolute atomic E-state index is 12.7. The lowest BCUT2D eigenvalue weighted by atomic mass is 10.1. The Morgan fingerprint density at radius 2 is 1.60 bits per heavy atom. The molecule has 2 aromatic carbocycles. The minimum Gasteiger partial charge on any atom is -0.454 e. The maximum atomic E-state index is 12.7. The zero-order valence-corrected chi connectivity index (χ0v) is 16.4. The first-order chi connectivity index (χ1) is 14.5. The zero-order chi connectivity index (χ0) is 21.1. The van der Waals surface area contributed by atoms with Gasteiger partial charge in [-0.05, 0) is 36.4 Å². The third kappa shape index (κ3) is 3.88. The number of ether oxygens (including phenoxy) is 1. The van der Waals surface area contributed by atoms with E-state index in [2.05, 4.69) is 10.3 Å². The molecule has 2 heterocycles. The van der Waals surface area contributed by atoms with E-state index in [1.165, 1.54) is 6.20 Å². The lowest BCUT2D eigenvalue weighted by Crippen LogP contribution is -2.24. The summed E-state index contributed by atoms with van der Waals surface area (Å²) >= 11 is 5.90. The highest BCUT2D eigenvalue weighted by Gasteiger charge is 2.15. The van der Waals surface area contributed by atoms with Crippen LogP contribution in [0.5, 0.6) is 0 Å². The van der Waals surface area contributed by atoms with Crippen molar-refractivity contribution in [2.75, 3.05) is 11.9 Å². The van der Waals surface area contributed by atoms with Crippen molar-refractivity contribution < 1.29 is 14.3 Å². The van der Waals surface area contributed by atoms with Crippen molar-refractivity contribution >= 4 is 51.0 Å². The number of amides is 1. The Balaban J connectivity index is 1.54. The van der Waals surface area contributed by atoms with Crippen LogP contribution in [-0.4, -0.2) is 28.0 Å². The molecule has 0 aliphatic rings. The van der Waals surface area contributed by atoms with E-state index in [0.29, 0.717) is 27.5 Å². The van der Waals surface area contributed by atoms with Gasteiger partial charge in [0.1, 0.15) is 6.54 Å². The number of carbonyl (C=O) groups excluding carboxylic acids is 2. The third-order valence-electron chi connectivity index (χ3n) is 4.56.